The number of fused-ring (bicyclic) bond motifs is 1. The fraction of sp³-hybridized carbons (Fsp3) is 0.560. The molecule has 1 N–H and O–H groups in total. The summed E-state index contributed by atoms with van der Waals surface area (Å²) in [5.74, 6) is 1.59. The highest BCUT2D eigenvalue weighted by Gasteiger charge is 2.30. The highest BCUT2D eigenvalue weighted by molar-refractivity contribution is 5.84. The lowest BCUT2D eigenvalue weighted by atomic mass is 9.72. The molecule has 29 heavy (non-hydrogen) atoms. The summed E-state index contributed by atoms with van der Waals surface area (Å²) in [5.41, 5.74) is 1.61. The smallest absolute Gasteiger partial charge is 0.306 e. The van der Waals surface area contributed by atoms with Crippen molar-refractivity contribution in [3.8, 4) is 5.75 Å². The molecule has 0 amide bonds. The molecule has 0 heterocycles. The second-order valence-electron chi connectivity index (χ2n) is 9.30. The van der Waals surface area contributed by atoms with Crippen LogP contribution in [0, 0.1) is 11.3 Å². The second kappa shape index (κ2) is 9.62. The third kappa shape index (κ3) is 6.20. The highest BCUT2D eigenvalue weighted by atomic mass is 16.5. The number of esters is 1. The van der Waals surface area contributed by atoms with Crippen molar-refractivity contribution in [1.29, 1.82) is 0 Å². The van der Waals surface area contributed by atoms with E-state index < -0.39 is 0 Å². The van der Waals surface area contributed by atoms with Gasteiger partial charge in [0, 0.05) is 13.1 Å². The Morgan fingerprint density at radius 2 is 1.72 bits per heavy atom. The average molecular weight is 398 g/mol. The largest absolute Gasteiger partial charge is 0.490 e. The number of benzene rings is 2. The van der Waals surface area contributed by atoms with E-state index in [2.05, 4.69) is 67.2 Å². The summed E-state index contributed by atoms with van der Waals surface area (Å²) < 4.78 is 11.0. The third-order valence-electron chi connectivity index (χ3n) is 6.14. The van der Waals surface area contributed by atoms with Crippen LogP contribution >= 0.6 is 0 Å². The zero-order valence-corrected chi connectivity index (χ0v) is 18.3. The van der Waals surface area contributed by atoms with Gasteiger partial charge in [-0.25, -0.2) is 0 Å². The Kier molecular flexibility index (Phi) is 7.18. The minimum absolute atomic E-state index is 0.185. The van der Waals surface area contributed by atoms with E-state index in [4.69, 9.17) is 4.74 Å². The van der Waals surface area contributed by atoms with E-state index in [1.54, 1.807) is 0 Å². The van der Waals surface area contributed by atoms with Gasteiger partial charge in [0.1, 0.15) is 5.75 Å². The Hall–Kier alpha value is -2.07. The highest BCUT2D eigenvalue weighted by Crippen LogP contribution is 2.39. The van der Waals surface area contributed by atoms with Crippen LogP contribution in [0.15, 0.2) is 36.4 Å². The second-order valence-corrected chi connectivity index (χ2v) is 9.30. The summed E-state index contributed by atoms with van der Waals surface area (Å²) in [6.45, 7) is 8.42. The van der Waals surface area contributed by atoms with Crippen LogP contribution in [0.1, 0.15) is 58.4 Å². The predicted octanol–water partition coefficient (Wildman–Crippen LogP) is 5.48. The van der Waals surface area contributed by atoms with Crippen molar-refractivity contribution in [2.24, 2.45) is 11.3 Å². The molecule has 1 aliphatic carbocycles. The van der Waals surface area contributed by atoms with Crippen molar-refractivity contribution < 1.29 is 14.3 Å². The number of ether oxygens (including phenoxy) is 2. The summed E-state index contributed by atoms with van der Waals surface area (Å²) in [6, 6.07) is 12.9. The van der Waals surface area contributed by atoms with Crippen molar-refractivity contribution in [2.45, 2.75) is 65.5 Å². The number of carbonyl (C=O) groups is 1. The van der Waals surface area contributed by atoms with Crippen LogP contribution in [-0.4, -0.2) is 25.7 Å². The Morgan fingerprint density at radius 3 is 2.41 bits per heavy atom. The topological polar surface area (TPSA) is 47.6 Å². The minimum Gasteiger partial charge on any atom is -0.490 e. The number of rotatable bonds is 7. The van der Waals surface area contributed by atoms with Crippen LogP contribution in [0.2, 0.25) is 0 Å². The lowest BCUT2D eigenvalue weighted by molar-refractivity contribution is -0.140. The van der Waals surface area contributed by atoms with Crippen molar-refractivity contribution in [2.75, 3.05) is 13.7 Å². The molecule has 2 aromatic carbocycles. The fourth-order valence-electron chi connectivity index (χ4n) is 4.22. The van der Waals surface area contributed by atoms with E-state index in [0.29, 0.717) is 24.5 Å². The van der Waals surface area contributed by atoms with Crippen molar-refractivity contribution in [1.82, 2.24) is 5.32 Å². The monoisotopic (exact) mass is 397 g/mol. The molecule has 0 atom stereocenters. The predicted molar refractivity (Wildman–Crippen MR) is 118 cm³/mol. The van der Waals surface area contributed by atoms with Gasteiger partial charge < -0.3 is 14.8 Å². The molecule has 3 rings (SSSR count). The lowest BCUT2D eigenvalue weighted by Gasteiger charge is -2.37. The standard InChI is InChI=1S/C25H35NO3/c1-25(2,3)21-8-11-22(12-9-21)29-23-10-7-19-15-18(5-6-20(19)16-23)17-26-14-13-24(27)28-4/h5-7,10,15-16,21-22,26H,8-9,11-14,17H2,1-4H3/t21-,22-. The van der Waals surface area contributed by atoms with Crippen LogP contribution in [-0.2, 0) is 16.1 Å². The van der Waals surface area contributed by atoms with Crippen molar-refractivity contribution in [3.63, 3.8) is 0 Å². The first-order chi connectivity index (χ1) is 13.8. The molecule has 0 bridgehead atoms. The van der Waals surface area contributed by atoms with Gasteiger partial charge in [0.25, 0.3) is 0 Å². The molecular weight excluding hydrogens is 362 g/mol. The van der Waals surface area contributed by atoms with E-state index in [1.165, 1.54) is 36.3 Å². The average Bonchev–Trinajstić information content (AvgIpc) is 2.70. The Labute approximate surface area is 175 Å². The van der Waals surface area contributed by atoms with E-state index in [-0.39, 0.29) is 5.97 Å². The molecule has 0 aromatic heterocycles. The van der Waals surface area contributed by atoms with E-state index >= 15 is 0 Å². The SMILES string of the molecule is COC(=O)CCNCc1ccc2cc(O[C@H]3CC[C@H](C(C)(C)C)CC3)ccc2c1. The maximum absolute atomic E-state index is 11.2. The van der Waals surface area contributed by atoms with Gasteiger partial charge in [-0.1, -0.05) is 39.0 Å². The molecule has 1 fully saturated rings. The first-order valence-electron chi connectivity index (χ1n) is 10.8. The first kappa shape index (κ1) is 21.6. The maximum Gasteiger partial charge on any atom is 0.306 e. The summed E-state index contributed by atoms with van der Waals surface area (Å²) >= 11 is 0. The van der Waals surface area contributed by atoms with E-state index in [0.717, 1.165) is 31.1 Å². The molecule has 0 radical (unpaired) electrons. The lowest BCUT2D eigenvalue weighted by Crippen LogP contribution is -2.30. The van der Waals surface area contributed by atoms with Gasteiger partial charge in [0.2, 0.25) is 0 Å². The molecule has 2 aromatic rings. The number of hydrogen-bond acceptors (Lipinski definition) is 4. The van der Waals surface area contributed by atoms with Gasteiger partial charge in [-0.15, -0.1) is 0 Å². The molecule has 4 heteroatoms. The van der Waals surface area contributed by atoms with Crippen LogP contribution in [0.25, 0.3) is 10.8 Å². The van der Waals surface area contributed by atoms with Gasteiger partial charge in [0.05, 0.1) is 19.6 Å². The molecule has 0 unspecified atom stereocenters. The Bertz CT molecular complexity index is 816. The number of carbonyl (C=O) groups excluding carboxylic acids is 1. The molecule has 1 aliphatic rings. The van der Waals surface area contributed by atoms with Crippen molar-refractivity contribution in [3.05, 3.63) is 42.0 Å². The number of nitrogens with one attached hydrogen (secondary N) is 1. The summed E-state index contributed by atoms with van der Waals surface area (Å²) in [5, 5.41) is 5.69. The molecule has 0 spiro atoms. The Balaban J connectivity index is 1.53. The first-order valence-corrected chi connectivity index (χ1v) is 10.8. The van der Waals surface area contributed by atoms with Gasteiger partial charge in [-0.2, -0.15) is 0 Å². The Morgan fingerprint density at radius 1 is 1.03 bits per heavy atom. The van der Waals surface area contributed by atoms with Crippen LogP contribution in [0.4, 0.5) is 0 Å². The molecule has 0 saturated heterocycles. The van der Waals surface area contributed by atoms with E-state index in [1.807, 2.05) is 0 Å². The van der Waals surface area contributed by atoms with Crippen LogP contribution in [0.3, 0.4) is 0 Å². The maximum atomic E-state index is 11.2. The zero-order valence-electron chi connectivity index (χ0n) is 18.3. The molecule has 4 nitrogen and oxygen atoms in total. The van der Waals surface area contributed by atoms with Gasteiger partial charge >= 0.3 is 5.97 Å². The van der Waals surface area contributed by atoms with Gasteiger partial charge in [-0.05, 0) is 71.6 Å². The molecular formula is C25H35NO3. The van der Waals surface area contributed by atoms with Gasteiger partial charge in [-0.3, -0.25) is 4.79 Å². The molecule has 0 aliphatic heterocycles. The summed E-state index contributed by atoms with van der Waals surface area (Å²) in [7, 11) is 1.42. The van der Waals surface area contributed by atoms with Crippen LogP contribution < -0.4 is 10.1 Å². The summed E-state index contributed by atoms with van der Waals surface area (Å²) in [4.78, 5) is 11.2. The molecule has 1 saturated carbocycles. The normalized spacial score (nSPS) is 19.9. The minimum atomic E-state index is -0.185. The number of hydrogen-bond donors (Lipinski definition) is 1. The third-order valence-corrected chi connectivity index (χ3v) is 6.14. The summed E-state index contributed by atoms with van der Waals surface area (Å²) in [6.07, 6.45) is 5.54. The fourth-order valence-corrected chi connectivity index (χ4v) is 4.22. The van der Waals surface area contributed by atoms with Crippen LogP contribution in [0.5, 0.6) is 5.75 Å². The molecule has 158 valence electrons. The zero-order chi connectivity index (χ0) is 20.9. The van der Waals surface area contributed by atoms with Crippen molar-refractivity contribution >= 4 is 16.7 Å². The number of methoxy groups -OCH3 is 1. The quantitative estimate of drug-likeness (QED) is 0.497. The van der Waals surface area contributed by atoms with Gasteiger partial charge in [0.15, 0.2) is 0 Å². The van der Waals surface area contributed by atoms with E-state index in [9.17, 15) is 4.79 Å².